The summed E-state index contributed by atoms with van der Waals surface area (Å²) in [6, 6.07) is 14.6. The molecule has 0 aromatic heterocycles. The third-order valence-electron chi connectivity index (χ3n) is 2.79. The molecule has 7 heteroatoms. The van der Waals surface area contributed by atoms with Crippen molar-refractivity contribution in [3.8, 4) is 11.5 Å². The minimum absolute atomic E-state index is 0.132. The summed E-state index contributed by atoms with van der Waals surface area (Å²) in [5.41, 5.74) is 9.03. The number of nitrogens with zero attached hydrogens (tertiary/aromatic N) is 3. The molecular formula is C16H12BrN3O3. The molecule has 2 aromatic rings. The molecule has 0 bridgehead atoms. The van der Waals surface area contributed by atoms with Crippen LogP contribution in [0.25, 0.3) is 16.5 Å². The van der Waals surface area contributed by atoms with Crippen LogP contribution < -0.4 is 4.74 Å². The van der Waals surface area contributed by atoms with Gasteiger partial charge in [0.25, 0.3) is 0 Å². The van der Waals surface area contributed by atoms with Gasteiger partial charge in [-0.2, -0.15) is 0 Å². The Balaban J connectivity index is 2.28. The maximum atomic E-state index is 11.5. The maximum Gasteiger partial charge on any atom is 0.340 e. The molecule has 6 nitrogen and oxygen atoms in total. The number of para-hydroxylation sites is 1. The normalized spacial score (nSPS) is 10.6. The zero-order valence-corrected chi connectivity index (χ0v) is 13.7. The Bertz CT molecular complexity index is 784. The minimum Gasteiger partial charge on any atom is -0.466 e. The van der Waals surface area contributed by atoms with Crippen LogP contribution in [0.2, 0.25) is 0 Å². The lowest BCUT2D eigenvalue weighted by Crippen LogP contribution is -2.02. The Morgan fingerprint density at radius 3 is 2.57 bits per heavy atom. The van der Waals surface area contributed by atoms with E-state index in [0.29, 0.717) is 21.5 Å². The van der Waals surface area contributed by atoms with Gasteiger partial charge in [0.2, 0.25) is 0 Å². The van der Waals surface area contributed by atoms with E-state index in [4.69, 9.17) is 10.3 Å². The fourth-order valence-electron chi connectivity index (χ4n) is 1.74. The minimum atomic E-state index is -0.709. The lowest BCUT2D eigenvalue weighted by Gasteiger charge is -2.07. The van der Waals surface area contributed by atoms with E-state index < -0.39 is 5.97 Å². The van der Waals surface area contributed by atoms with E-state index in [2.05, 4.69) is 30.7 Å². The van der Waals surface area contributed by atoms with Crippen LogP contribution in [0.4, 0.5) is 0 Å². The van der Waals surface area contributed by atoms with E-state index >= 15 is 0 Å². The van der Waals surface area contributed by atoms with Crippen molar-refractivity contribution < 1.29 is 14.3 Å². The average Bonchev–Trinajstić information content (AvgIpc) is 2.57. The molecule has 0 aliphatic rings. The molecule has 0 radical (unpaired) electrons. The molecule has 23 heavy (non-hydrogen) atoms. The second-order valence-corrected chi connectivity index (χ2v) is 5.16. The molecule has 0 saturated heterocycles. The van der Waals surface area contributed by atoms with Gasteiger partial charge in [0.15, 0.2) is 0 Å². The Morgan fingerprint density at radius 2 is 1.96 bits per heavy atom. The van der Waals surface area contributed by atoms with Crippen molar-refractivity contribution in [3.63, 3.8) is 0 Å². The third kappa shape index (κ3) is 4.60. The van der Waals surface area contributed by atoms with Gasteiger partial charge in [-0.25, -0.2) is 4.79 Å². The first-order valence-electron chi connectivity index (χ1n) is 6.51. The van der Waals surface area contributed by atoms with Gasteiger partial charge >= 0.3 is 5.97 Å². The highest BCUT2D eigenvalue weighted by atomic mass is 79.9. The number of carbonyl (C=O) groups is 1. The van der Waals surface area contributed by atoms with E-state index in [1.165, 1.54) is 13.2 Å². The van der Waals surface area contributed by atoms with Gasteiger partial charge in [0.1, 0.15) is 17.2 Å². The van der Waals surface area contributed by atoms with E-state index in [0.717, 1.165) is 0 Å². The van der Waals surface area contributed by atoms with Crippen LogP contribution in [-0.4, -0.2) is 13.1 Å². The zero-order valence-electron chi connectivity index (χ0n) is 12.1. The van der Waals surface area contributed by atoms with Gasteiger partial charge in [0, 0.05) is 9.38 Å². The van der Waals surface area contributed by atoms with Crippen LogP contribution in [0, 0.1) is 0 Å². The van der Waals surface area contributed by atoms with E-state index in [1.807, 2.05) is 30.3 Å². The maximum absolute atomic E-state index is 11.5. The standard InChI is InChI=1S/C16H12BrN3O3/c1-22-16(21)15(19-20-18)9-11-7-8-13(10-14(11)17)23-12-5-3-2-4-6-12/h2-10H,1H3/b15-9-. The number of hydrogen-bond acceptors (Lipinski definition) is 4. The van der Waals surface area contributed by atoms with Crippen LogP contribution in [0.5, 0.6) is 11.5 Å². The van der Waals surface area contributed by atoms with Crippen molar-refractivity contribution in [1.29, 1.82) is 0 Å². The Hall–Kier alpha value is -2.76. The summed E-state index contributed by atoms with van der Waals surface area (Å²) in [4.78, 5) is 14.2. The number of methoxy groups -OCH3 is 1. The van der Waals surface area contributed by atoms with E-state index in [1.54, 1.807) is 18.2 Å². The van der Waals surface area contributed by atoms with Crippen molar-refractivity contribution in [1.82, 2.24) is 0 Å². The monoisotopic (exact) mass is 373 g/mol. The first kappa shape index (κ1) is 16.6. The Labute approximate surface area is 141 Å². The molecular weight excluding hydrogens is 362 g/mol. The summed E-state index contributed by atoms with van der Waals surface area (Å²) in [5, 5.41) is 3.34. The fourth-order valence-corrected chi connectivity index (χ4v) is 2.21. The van der Waals surface area contributed by atoms with Crippen molar-refractivity contribution >= 4 is 28.0 Å². The first-order valence-corrected chi connectivity index (χ1v) is 7.31. The molecule has 0 fully saturated rings. The van der Waals surface area contributed by atoms with Crippen LogP contribution in [0.1, 0.15) is 5.56 Å². The molecule has 0 amide bonds. The Morgan fingerprint density at radius 1 is 1.22 bits per heavy atom. The molecule has 0 heterocycles. The van der Waals surface area contributed by atoms with Crippen molar-refractivity contribution in [3.05, 3.63) is 74.7 Å². The molecule has 0 unspecified atom stereocenters. The van der Waals surface area contributed by atoms with Gasteiger partial charge in [-0.3, -0.25) is 0 Å². The van der Waals surface area contributed by atoms with Gasteiger partial charge in [-0.05, 0) is 41.4 Å². The fraction of sp³-hybridized carbons (Fsp3) is 0.0625. The van der Waals surface area contributed by atoms with Crippen LogP contribution in [0.15, 0.2) is 63.8 Å². The van der Waals surface area contributed by atoms with Crippen LogP contribution in [0.3, 0.4) is 0 Å². The summed E-state index contributed by atoms with van der Waals surface area (Å²) in [7, 11) is 1.22. The zero-order chi connectivity index (χ0) is 16.7. The van der Waals surface area contributed by atoms with E-state index in [-0.39, 0.29) is 5.70 Å². The molecule has 0 spiro atoms. The van der Waals surface area contributed by atoms with Gasteiger partial charge in [0.05, 0.1) is 7.11 Å². The second-order valence-electron chi connectivity index (χ2n) is 4.31. The lowest BCUT2D eigenvalue weighted by molar-refractivity contribution is -0.136. The summed E-state index contributed by atoms with van der Waals surface area (Å²) >= 11 is 3.40. The topological polar surface area (TPSA) is 84.3 Å². The number of halogens is 1. The highest BCUT2D eigenvalue weighted by Gasteiger charge is 2.09. The number of azide groups is 1. The molecule has 0 saturated carbocycles. The van der Waals surface area contributed by atoms with Crippen LogP contribution >= 0.6 is 15.9 Å². The molecule has 2 aromatic carbocycles. The quantitative estimate of drug-likeness (QED) is 0.241. The largest absolute Gasteiger partial charge is 0.466 e. The highest BCUT2D eigenvalue weighted by Crippen LogP contribution is 2.28. The third-order valence-corrected chi connectivity index (χ3v) is 3.48. The first-order chi connectivity index (χ1) is 11.1. The predicted octanol–water partition coefficient (Wildman–Crippen LogP) is 5.07. The predicted molar refractivity (Wildman–Crippen MR) is 89.8 cm³/mol. The molecule has 0 N–H and O–H groups in total. The molecule has 2 rings (SSSR count). The van der Waals surface area contributed by atoms with E-state index in [9.17, 15) is 4.79 Å². The van der Waals surface area contributed by atoms with Crippen molar-refractivity contribution in [2.45, 2.75) is 0 Å². The summed E-state index contributed by atoms with van der Waals surface area (Å²) in [6.07, 6.45) is 1.43. The van der Waals surface area contributed by atoms with Crippen molar-refractivity contribution in [2.75, 3.05) is 7.11 Å². The highest BCUT2D eigenvalue weighted by molar-refractivity contribution is 9.10. The van der Waals surface area contributed by atoms with Gasteiger partial charge in [-0.1, -0.05) is 45.3 Å². The number of ether oxygens (including phenoxy) is 2. The summed E-state index contributed by atoms with van der Waals surface area (Å²) in [6.45, 7) is 0. The molecule has 116 valence electrons. The number of hydrogen-bond donors (Lipinski definition) is 0. The number of rotatable bonds is 5. The Kier molecular flexibility index (Phi) is 5.80. The average molecular weight is 374 g/mol. The molecule has 0 aliphatic carbocycles. The molecule has 0 atom stereocenters. The molecule has 0 aliphatic heterocycles. The number of benzene rings is 2. The number of esters is 1. The van der Waals surface area contributed by atoms with Gasteiger partial charge in [-0.15, -0.1) is 0 Å². The number of carbonyl (C=O) groups excluding carboxylic acids is 1. The van der Waals surface area contributed by atoms with Gasteiger partial charge < -0.3 is 9.47 Å². The lowest BCUT2D eigenvalue weighted by atomic mass is 10.2. The van der Waals surface area contributed by atoms with Crippen LogP contribution in [-0.2, 0) is 9.53 Å². The second kappa shape index (κ2) is 8.03. The SMILES string of the molecule is COC(=O)/C(=C/c1ccc(Oc2ccccc2)cc1Br)N=[N+]=[N-]. The smallest absolute Gasteiger partial charge is 0.340 e. The summed E-state index contributed by atoms with van der Waals surface area (Å²) < 4.78 is 11.0. The summed E-state index contributed by atoms with van der Waals surface area (Å²) in [5.74, 6) is 0.634. The van der Waals surface area contributed by atoms with Crippen molar-refractivity contribution in [2.24, 2.45) is 5.11 Å².